The first-order valence-electron chi connectivity index (χ1n) is 8.44. The second kappa shape index (κ2) is 8.40. The second-order valence-corrected chi connectivity index (χ2v) is 6.14. The fourth-order valence-electron chi connectivity index (χ4n) is 3.06. The van der Waals surface area contributed by atoms with E-state index in [4.69, 9.17) is 9.47 Å². The molecule has 2 heterocycles. The summed E-state index contributed by atoms with van der Waals surface area (Å²) in [4.78, 5) is 28.5. The summed E-state index contributed by atoms with van der Waals surface area (Å²) in [5.41, 5.74) is -0.173. The Morgan fingerprint density at radius 2 is 2.11 bits per heavy atom. The number of aromatic nitrogens is 2. The van der Waals surface area contributed by atoms with Gasteiger partial charge in [-0.05, 0) is 18.2 Å². The van der Waals surface area contributed by atoms with Crippen molar-refractivity contribution < 1.29 is 24.5 Å². The van der Waals surface area contributed by atoms with Crippen LogP contribution in [0.25, 0.3) is 0 Å². The van der Waals surface area contributed by atoms with Crippen LogP contribution < -0.4 is 11.0 Å². The molecule has 1 aliphatic heterocycles. The number of hydrogen-bond acceptors (Lipinski definition) is 7. The zero-order valence-electron chi connectivity index (χ0n) is 14.7. The lowest BCUT2D eigenvalue weighted by Crippen LogP contribution is -2.54. The quantitative estimate of drug-likeness (QED) is 0.661. The smallest absolute Gasteiger partial charge is 0.349 e. The van der Waals surface area contributed by atoms with E-state index in [2.05, 4.69) is 10.3 Å². The van der Waals surface area contributed by atoms with Gasteiger partial charge in [0.05, 0.1) is 19.3 Å². The number of aliphatic hydroxyl groups excluding tert-OH is 2. The molecule has 0 bridgehead atoms. The number of amides is 1. The van der Waals surface area contributed by atoms with Crippen LogP contribution in [0, 0.1) is 0 Å². The number of nitrogens with zero attached hydrogens (tertiary/aromatic N) is 2. The molecule has 27 heavy (non-hydrogen) atoms. The van der Waals surface area contributed by atoms with Gasteiger partial charge in [0.25, 0.3) is 5.91 Å². The molecule has 4 atom stereocenters. The number of anilines is 1. The van der Waals surface area contributed by atoms with Gasteiger partial charge < -0.3 is 25.0 Å². The van der Waals surface area contributed by atoms with Gasteiger partial charge in [0.1, 0.15) is 24.1 Å². The Labute approximate surface area is 155 Å². The van der Waals surface area contributed by atoms with Gasteiger partial charge in [-0.25, -0.2) is 4.79 Å². The third-order valence-corrected chi connectivity index (χ3v) is 4.49. The normalized spacial score (nSPS) is 25.1. The van der Waals surface area contributed by atoms with Crippen LogP contribution in [-0.4, -0.2) is 64.3 Å². The van der Waals surface area contributed by atoms with Crippen LogP contribution in [0.3, 0.4) is 0 Å². The number of benzene rings is 1. The molecule has 1 saturated heterocycles. The highest BCUT2D eigenvalue weighted by Crippen LogP contribution is 2.25. The number of nitrogens with one attached hydrogen (secondary N) is 1. The molecule has 9 heteroatoms. The summed E-state index contributed by atoms with van der Waals surface area (Å²) < 4.78 is 12.0. The van der Waals surface area contributed by atoms with Crippen LogP contribution in [-0.2, 0) is 9.47 Å². The van der Waals surface area contributed by atoms with E-state index in [9.17, 15) is 19.8 Å². The maximum Gasteiger partial charge on any atom is 0.349 e. The predicted octanol–water partition coefficient (Wildman–Crippen LogP) is -0.196. The van der Waals surface area contributed by atoms with Gasteiger partial charge in [0.2, 0.25) is 0 Å². The van der Waals surface area contributed by atoms with Gasteiger partial charge in [0.15, 0.2) is 0 Å². The van der Waals surface area contributed by atoms with Gasteiger partial charge in [-0.2, -0.15) is 4.98 Å². The Hall–Kier alpha value is -2.59. The van der Waals surface area contributed by atoms with Crippen LogP contribution in [0.15, 0.2) is 47.4 Å². The zero-order chi connectivity index (χ0) is 19.4. The van der Waals surface area contributed by atoms with Crippen LogP contribution in [0.4, 0.5) is 5.82 Å². The Bertz CT molecular complexity index is 840. The van der Waals surface area contributed by atoms with E-state index in [-0.39, 0.29) is 24.9 Å². The second-order valence-electron chi connectivity index (χ2n) is 6.14. The number of methoxy groups -OCH3 is 1. The van der Waals surface area contributed by atoms with Crippen molar-refractivity contribution in [1.29, 1.82) is 0 Å². The highest BCUT2D eigenvalue weighted by molar-refractivity contribution is 6.03. The van der Waals surface area contributed by atoms with Crippen LogP contribution in [0.1, 0.15) is 16.4 Å². The van der Waals surface area contributed by atoms with Crippen molar-refractivity contribution in [2.75, 3.05) is 25.6 Å². The minimum atomic E-state index is -1.09. The minimum Gasteiger partial charge on any atom is -0.394 e. The molecule has 2 aromatic rings. The molecule has 1 amide bonds. The van der Waals surface area contributed by atoms with Crippen molar-refractivity contribution >= 4 is 11.7 Å². The number of carbonyl (C=O) groups is 1. The molecule has 1 aromatic heterocycles. The largest absolute Gasteiger partial charge is 0.394 e. The van der Waals surface area contributed by atoms with E-state index in [1.54, 1.807) is 30.3 Å². The van der Waals surface area contributed by atoms with Crippen LogP contribution >= 0.6 is 0 Å². The van der Waals surface area contributed by atoms with Gasteiger partial charge in [0, 0.05) is 18.9 Å². The van der Waals surface area contributed by atoms with Gasteiger partial charge in [-0.3, -0.25) is 9.36 Å². The van der Waals surface area contributed by atoms with Gasteiger partial charge >= 0.3 is 5.69 Å². The topological polar surface area (TPSA) is 123 Å². The van der Waals surface area contributed by atoms with Crippen molar-refractivity contribution in [2.45, 2.75) is 24.4 Å². The Balaban J connectivity index is 1.78. The first-order valence-corrected chi connectivity index (χ1v) is 8.44. The van der Waals surface area contributed by atoms with Crippen molar-refractivity contribution in [3.05, 3.63) is 58.6 Å². The minimum absolute atomic E-state index is 0.0676. The molecule has 3 N–H and O–H groups in total. The molecule has 3 rings (SSSR count). The molecule has 1 fully saturated rings. The monoisotopic (exact) mass is 375 g/mol. The van der Waals surface area contributed by atoms with Crippen LogP contribution in [0.5, 0.6) is 0 Å². The third-order valence-electron chi connectivity index (χ3n) is 4.49. The first kappa shape index (κ1) is 19.2. The molecule has 0 unspecified atom stereocenters. The Morgan fingerprint density at radius 3 is 2.74 bits per heavy atom. The highest BCUT2D eigenvalue weighted by atomic mass is 16.5. The molecule has 1 aliphatic rings. The number of carbonyl (C=O) groups excluding carboxylic acids is 1. The van der Waals surface area contributed by atoms with Crippen molar-refractivity contribution in [2.24, 2.45) is 0 Å². The fraction of sp³-hybridized carbons (Fsp3) is 0.389. The maximum absolute atomic E-state index is 12.4. The van der Waals surface area contributed by atoms with Crippen LogP contribution in [0.2, 0.25) is 0 Å². The third kappa shape index (κ3) is 4.06. The molecule has 0 aliphatic carbocycles. The molecule has 9 nitrogen and oxygen atoms in total. The summed E-state index contributed by atoms with van der Waals surface area (Å²) in [7, 11) is 1.41. The van der Waals surface area contributed by atoms with Crippen molar-refractivity contribution in [3.63, 3.8) is 0 Å². The summed E-state index contributed by atoms with van der Waals surface area (Å²) in [6.07, 6.45) is -1.16. The maximum atomic E-state index is 12.4. The SMILES string of the molecule is CO[C@@H]1[C@H](O)[C@@H](CO)OC[C@H]1n1ccc(NC(=O)c2ccccc2)nc1=O. The number of hydrogen-bond donors (Lipinski definition) is 3. The number of rotatable bonds is 5. The summed E-state index contributed by atoms with van der Waals surface area (Å²) in [6, 6.07) is 9.44. The lowest BCUT2D eigenvalue weighted by atomic mass is 9.98. The average molecular weight is 375 g/mol. The summed E-state index contributed by atoms with van der Waals surface area (Å²) in [5, 5.41) is 22.1. The summed E-state index contributed by atoms with van der Waals surface area (Å²) in [5.74, 6) is -0.262. The molecule has 0 saturated carbocycles. The zero-order valence-corrected chi connectivity index (χ0v) is 14.7. The van der Waals surface area contributed by atoms with Gasteiger partial charge in [-0.15, -0.1) is 0 Å². The first-order chi connectivity index (χ1) is 13.0. The molecular weight excluding hydrogens is 354 g/mol. The molecule has 0 spiro atoms. The lowest BCUT2D eigenvalue weighted by molar-refractivity contribution is -0.179. The average Bonchev–Trinajstić information content (AvgIpc) is 2.68. The predicted molar refractivity (Wildman–Crippen MR) is 95.6 cm³/mol. The number of aliphatic hydroxyl groups is 2. The molecular formula is C18H21N3O6. The highest BCUT2D eigenvalue weighted by Gasteiger charge is 2.40. The van der Waals surface area contributed by atoms with E-state index < -0.39 is 30.0 Å². The fourth-order valence-corrected chi connectivity index (χ4v) is 3.06. The summed E-state index contributed by atoms with van der Waals surface area (Å²) >= 11 is 0. The van der Waals surface area contributed by atoms with Crippen molar-refractivity contribution in [3.8, 4) is 0 Å². The van der Waals surface area contributed by atoms with E-state index >= 15 is 0 Å². The van der Waals surface area contributed by atoms with E-state index in [1.165, 1.54) is 23.9 Å². The standard InChI is InChI=1S/C18H21N3O6/c1-26-16-12(10-27-13(9-22)15(16)23)21-8-7-14(20-18(21)25)19-17(24)11-5-3-2-4-6-11/h2-8,12-13,15-16,22-23H,9-10H2,1H3,(H,19,20,24,25)/t12-,13-,15-,16+/m1/s1. The van der Waals surface area contributed by atoms with E-state index in [1.807, 2.05) is 0 Å². The molecule has 0 radical (unpaired) electrons. The lowest BCUT2D eigenvalue weighted by Gasteiger charge is -2.39. The summed E-state index contributed by atoms with van der Waals surface area (Å²) in [6.45, 7) is -0.288. The Kier molecular flexibility index (Phi) is 5.97. The van der Waals surface area contributed by atoms with Gasteiger partial charge in [-0.1, -0.05) is 18.2 Å². The van der Waals surface area contributed by atoms with Crippen molar-refractivity contribution in [1.82, 2.24) is 9.55 Å². The number of ether oxygens (including phenoxy) is 2. The van der Waals surface area contributed by atoms with E-state index in [0.717, 1.165) is 0 Å². The Morgan fingerprint density at radius 1 is 1.37 bits per heavy atom. The van der Waals surface area contributed by atoms with E-state index in [0.29, 0.717) is 5.56 Å². The molecule has 1 aromatic carbocycles. The molecule has 144 valence electrons.